The van der Waals surface area contributed by atoms with Crippen LogP contribution in [0, 0.1) is 0 Å². The summed E-state index contributed by atoms with van der Waals surface area (Å²) in [6.07, 6.45) is 10.4. The number of ether oxygens (including phenoxy) is 3. The molecule has 0 aromatic carbocycles. The summed E-state index contributed by atoms with van der Waals surface area (Å²) in [4.78, 5) is 24.1. The van der Waals surface area contributed by atoms with Crippen molar-refractivity contribution in [3.05, 3.63) is 18.7 Å². The van der Waals surface area contributed by atoms with Crippen LogP contribution in [0.15, 0.2) is 18.7 Å². The molecule has 0 saturated carbocycles. The number of esters is 2. The molecule has 11 nitrogen and oxygen atoms in total. The number of rotatable bonds is 15. The molecular weight excluding hydrogens is 456 g/mol. The molecule has 0 aliphatic rings. The molecule has 0 fully saturated rings. The summed E-state index contributed by atoms with van der Waals surface area (Å²) in [7, 11) is -2.69. The summed E-state index contributed by atoms with van der Waals surface area (Å²) in [5.41, 5.74) is 0. The van der Waals surface area contributed by atoms with Gasteiger partial charge in [-0.15, -0.1) is 0 Å². The monoisotopic (exact) mass is 494 g/mol. The maximum absolute atomic E-state index is 12.1. The van der Waals surface area contributed by atoms with Gasteiger partial charge in [-0.1, -0.05) is 39.0 Å². The van der Waals surface area contributed by atoms with Gasteiger partial charge in [0.15, 0.2) is 6.29 Å². The van der Waals surface area contributed by atoms with Crippen molar-refractivity contribution in [2.24, 2.45) is 7.05 Å². The van der Waals surface area contributed by atoms with Gasteiger partial charge in [-0.2, -0.15) is 0 Å². The zero-order valence-electron chi connectivity index (χ0n) is 20.2. The number of imidazole rings is 1. The van der Waals surface area contributed by atoms with Crippen molar-refractivity contribution >= 4 is 22.3 Å². The Kier molecular flexibility index (Phi) is 16.4. The third kappa shape index (κ3) is 15.4. The smallest absolute Gasteiger partial charge is 0.366 e. The van der Waals surface area contributed by atoms with E-state index in [0.717, 1.165) is 12.8 Å². The Morgan fingerprint density at radius 3 is 2.18 bits per heavy atom. The van der Waals surface area contributed by atoms with E-state index in [1.54, 1.807) is 51.1 Å². The Bertz CT molecular complexity index is 780. The van der Waals surface area contributed by atoms with Gasteiger partial charge in [0.25, 0.3) is 6.04 Å². The van der Waals surface area contributed by atoms with Crippen LogP contribution >= 0.6 is 0 Å². The van der Waals surface area contributed by atoms with Crippen LogP contribution in [0.3, 0.4) is 0 Å². The minimum absolute atomic E-state index is 0.0258. The van der Waals surface area contributed by atoms with E-state index in [9.17, 15) is 22.6 Å². The lowest BCUT2D eigenvalue weighted by Gasteiger charge is -2.16. The zero-order valence-corrected chi connectivity index (χ0v) is 21.0. The minimum atomic E-state index is -4.47. The average molecular weight is 495 g/mol. The molecular formula is C21H38N2O9S. The molecule has 0 saturated heterocycles. The van der Waals surface area contributed by atoms with Gasteiger partial charge in [-0.05, 0) is 27.2 Å². The Morgan fingerprint density at radius 1 is 1.03 bits per heavy atom. The first-order chi connectivity index (χ1) is 15.6. The average Bonchev–Trinajstić information content (AvgIpc) is 3.13. The highest BCUT2D eigenvalue weighted by Crippen LogP contribution is 2.12. The van der Waals surface area contributed by atoms with E-state index in [-0.39, 0.29) is 13.2 Å². The molecule has 0 spiro atoms. The van der Waals surface area contributed by atoms with Gasteiger partial charge in [0.1, 0.15) is 12.4 Å². The standard InChI is InChI=1S/C13H21N2O5.C8H18O4S/c1-5-18-10(3)20-13(17)11(12(16)19-6-2)15-8-7-14(4)9-15;1-2-3-4-5-6-7-8-12-13(9,10)11/h7-11H,5-6H2,1-4H3;2-8H2,1H3,(H,9,10,11)/q+1;/p-1. The number of unbranched alkanes of at least 4 members (excludes halogenated alkanes) is 5. The van der Waals surface area contributed by atoms with Crippen LogP contribution in [0.25, 0.3) is 0 Å². The van der Waals surface area contributed by atoms with Gasteiger partial charge in [-0.3, -0.25) is 4.18 Å². The highest BCUT2D eigenvalue weighted by Gasteiger charge is 2.37. The Morgan fingerprint density at radius 2 is 1.67 bits per heavy atom. The number of nitrogens with zero attached hydrogens (tertiary/aromatic N) is 2. The van der Waals surface area contributed by atoms with E-state index < -0.39 is 34.7 Å². The van der Waals surface area contributed by atoms with Gasteiger partial charge in [-0.25, -0.2) is 27.1 Å². The van der Waals surface area contributed by atoms with Crippen LogP contribution < -0.4 is 4.57 Å². The number of hydrogen-bond donors (Lipinski definition) is 0. The zero-order chi connectivity index (χ0) is 25.3. The lowest BCUT2D eigenvalue weighted by Crippen LogP contribution is -2.34. The second-order valence-electron chi connectivity index (χ2n) is 7.14. The molecule has 1 rings (SSSR count). The summed E-state index contributed by atoms with van der Waals surface area (Å²) < 4.78 is 52.3. The molecule has 1 aromatic rings. The summed E-state index contributed by atoms with van der Waals surface area (Å²) in [6.45, 7) is 7.83. The van der Waals surface area contributed by atoms with Crippen molar-refractivity contribution in [2.45, 2.75) is 78.6 Å². The molecule has 0 N–H and O–H groups in total. The molecule has 0 amide bonds. The fourth-order valence-electron chi connectivity index (χ4n) is 2.72. The molecule has 1 aromatic heterocycles. The second-order valence-corrected chi connectivity index (χ2v) is 8.19. The lowest BCUT2D eigenvalue weighted by atomic mass is 10.1. The fraction of sp³-hybridized carbons (Fsp3) is 0.762. The second kappa shape index (κ2) is 17.5. The Balaban J connectivity index is 0.000000684. The molecule has 2 unspecified atom stereocenters. The van der Waals surface area contributed by atoms with Gasteiger partial charge in [0, 0.05) is 6.61 Å². The number of hydrogen-bond acceptors (Lipinski definition) is 9. The number of aryl methyl sites for hydroxylation is 1. The van der Waals surface area contributed by atoms with E-state index in [2.05, 4.69) is 11.1 Å². The van der Waals surface area contributed by atoms with E-state index >= 15 is 0 Å². The quantitative estimate of drug-likeness (QED) is 0.0683. The van der Waals surface area contributed by atoms with Crippen molar-refractivity contribution in [3.8, 4) is 0 Å². The SMILES string of the molecule is CCCCCCCCOS(=O)(=O)[O-].CCOC(=O)C(C(=O)OC(C)OCC)n1cc[n+](C)c1. The van der Waals surface area contributed by atoms with Crippen LogP contribution in [-0.4, -0.2) is 55.6 Å². The molecule has 1 heterocycles. The first-order valence-electron chi connectivity index (χ1n) is 11.2. The maximum Gasteiger partial charge on any atom is 0.366 e. The number of carbonyl (C=O) groups is 2. The molecule has 33 heavy (non-hydrogen) atoms. The topological polar surface area (TPSA) is 137 Å². The fourth-order valence-corrected chi connectivity index (χ4v) is 3.05. The van der Waals surface area contributed by atoms with Gasteiger partial charge >= 0.3 is 11.9 Å². The van der Waals surface area contributed by atoms with E-state index in [0.29, 0.717) is 13.0 Å². The van der Waals surface area contributed by atoms with Gasteiger partial charge in [0.2, 0.25) is 16.7 Å². The minimum Gasteiger partial charge on any atom is -0.726 e. The third-order valence-electron chi connectivity index (χ3n) is 4.23. The predicted octanol–water partition coefficient (Wildman–Crippen LogP) is 2.17. The summed E-state index contributed by atoms with van der Waals surface area (Å²) in [5.74, 6) is -1.36. The summed E-state index contributed by atoms with van der Waals surface area (Å²) in [6, 6.07) is -1.17. The Labute approximate surface area is 196 Å². The lowest BCUT2D eigenvalue weighted by molar-refractivity contribution is -0.671. The van der Waals surface area contributed by atoms with Crippen LogP contribution in [0.1, 0.15) is 72.3 Å². The third-order valence-corrected chi connectivity index (χ3v) is 4.69. The van der Waals surface area contributed by atoms with Crippen molar-refractivity contribution < 1.29 is 45.5 Å². The van der Waals surface area contributed by atoms with Crippen molar-refractivity contribution in [1.29, 1.82) is 0 Å². The van der Waals surface area contributed by atoms with E-state index in [4.69, 9.17) is 14.2 Å². The normalized spacial score (nSPS) is 12.9. The predicted molar refractivity (Wildman–Crippen MR) is 117 cm³/mol. The van der Waals surface area contributed by atoms with Gasteiger partial charge in [0.05, 0.1) is 20.3 Å². The molecule has 12 heteroatoms. The number of aromatic nitrogens is 2. The van der Waals surface area contributed by atoms with E-state index in [1.165, 1.54) is 23.8 Å². The van der Waals surface area contributed by atoms with Crippen LogP contribution in [0.5, 0.6) is 0 Å². The van der Waals surface area contributed by atoms with Crippen molar-refractivity contribution in [1.82, 2.24) is 4.57 Å². The molecule has 192 valence electrons. The van der Waals surface area contributed by atoms with Crippen LogP contribution in [-0.2, 0) is 45.4 Å². The first kappa shape index (κ1) is 31.0. The highest BCUT2D eigenvalue weighted by atomic mass is 32.3. The van der Waals surface area contributed by atoms with Gasteiger partial charge < -0.3 is 18.8 Å². The van der Waals surface area contributed by atoms with Crippen molar-refractivity contribution in [2.75, 3.05) is 19.8 Å². The summed E-state index contributed by atoms with van der Waals surface area (Å²) >= 11 is 0. The molecule has 0 bridgehead atoms. The first-order valence-corrected chi connectivity index (χ1v) is 12.5. The molecule has 0 aliphatic heterocycles. The summed E-state index contributed by atoms with van der Waals surface area (Å²) in [5, 5.41) is 0. The maximum atomic E-state index is 12.1. The number of carbonyl (C=O) groups excluding carboxylic acids is 2. The van der Waals surface area contributed by atoms with Crippen LogP contribution in [0.2, 0.25) is 0 Å². The molecule has 0 radical (unpaired) electrons. The largest absolute Gasteiger partial charge is 0.726 e. The highest BCUT2D eigenvalue weighted by molar-refractivity contribution is 7.80. The molecule has 2 atom stereocenters. The molecule has 0 aliphatic carbocycles. The van der Waals surface area contributed by atoms with Crippen LogP contribution in [0.4, 0.5) is 0 Å². The van der Waals surface area contributed by atoms with Crippen molar-refractivity contribution in [3.63, 3.8) is 0 Å². The van der Waals surface area contributed by atoms with E-state index in [1.807, 2.05) is 0 Å². The Hall–Kier alpha value is -2.02.